The Morgan fingerprint density at radius 3 is 2.45 bits per heavy atom. The number of hydrogen-bond donors (Lipinski definition) is 1. The second-order valence-corrected chi connectivity index (χ2v) is 7.60. The average molecular weight is 450 g/mol. The van der Waals surface area contributed by atoms with Gasteiger partial charge in [-0.2, -0.15) is 13.2 Å². The zero-order valence-electron chi connectivity index (χ0n) is 9.69. The van der Waals surface area contributed by atoms with Gasteiger partial charge in [0.25, 0.3) is 0 Å². The van der Waals surface area contributed by atoms with Gasteiger partial charge < -0.3 is 5.32 Å². The van der Waals surface area contributed by atoms with Gasteiger partial charge in [-0.3, -0.25) is 0 Å². The van der Waals surface area contributed by atoms with Crippen LogP contribution in [0.4, 0.5) is 18.9 Å². The largest absolute Gasteiger partial charge is 0.416 e. The molecule has 0 aliphatic heterocycles. The molecule has 1 nitrogen and oxygen atoms in total. The quantitative estimate of drug-likeness (QED) is 0.560. The number of hydrogen-bond acceptors (Lipinski definition) is 2. The Kier molecular flexibility index (Phi) is 5.05. The minimum atomic E-state index is -4.38. The highest BCUT2D eigenvalue weighted by Crippen LogP contribution is 2.35. The molecule has 2 rings (SSSR count). The predicted octanol–water partition coefficient (Wildman–Crippen LogP) is 6.56. The number of thiophene rings is 1. The van der Waals surface area contributed by atoms with Gasteiger partial charge in [0.05, 0.1) is 20.1 Å². The first kappa shape index (κ1) is 16.1. The number of rotatable bonds is 3. The Bertz CT molecular complexity index is 608. The molecule has 2 aromatic rings. The van der Waals surface area contributed by atoms with E-state index in [1.165, 1.54) is 17.4 Å². The van der Waals surface area contributed by atoms with Gasteiger partial charge in [-0.1, -0.05) is 11.6 Å². The third-order valence-electron chi connectivity index (χ3n) is 2.44. The Morgan fingerprint density at radius 1 is 1.20 bits per heavy atom. The van der Waals surface area contributed by atoms with Gasteiger partial charge in [0, 0.05) is 15.9 Å². The van der Waals surface area contributed by atoms with E-state index in [2.05, 4.69) is 37.2 Å². The van der Waals surface area contributed by atoms with Crippen LogP contribution in [0.2, 0.25) is 5.02 Å². The van der Waals surface area contributed by atoms with Crippen LogP contribution in [-0.2, 0) is 12.7 Å². The molecule has 0 spiro atoms. The minimum absolute atomic E-state index is 0.257. The molecule has 0 aliphatic rings. The van der Waals surface area contributed by atoms with Crippen molar-refractivity contribution in [2.45, 2.75) is 12.7 Å². The summed E-state index contributed by atoms with van der Waals surface area (Å²) in [5.41, 5.74) is -0.458. The number of alkyl halides is 3. The second-order valence-electron chi connectivity index (χ2n) is 3.88. The van der Waals surface area contributed by atoms with Crippen molar-refractivity contribution in [2.75, 3.05) is 5.32 Å². The summed E-state index contributed by atoms with van der Waals surface area (Å²) >= 11 is 14.1. The number of nitrogens with one attached hydrogen (secondary N) is 1. The van der Waals surface area contributed by atoms with E-state index in [0.717, 1.165) is 25.3 Å². The molecule has 0 atom stereocenters. The third kappa shape index (κ3) is 3.90. The lowest BCUT2D eigenvalue weighted by atomic mass is 10.2. The van der Waals surface area contributed by atoms with E-state index in [0.29, 0.717) is 6.54 Å². The highest BCUT2D eigenvalue weighted by Gasteiger charge is 2.30. The predicted molar refractivity (Wildman–Crippen MR) is 83.5 cm³/mol. The van der Waals surface area contributed by atoms with Gasteiger partial charge in [-0.25, -0.2) is 0 Å². The fraction of sp³-hybridized carbons (Fsp3) is 0.167. The van der Waals surface area contributed by atoms with E-state index in [9.17, 15) is 13.2 Å². The van der Waals surface area contributed by atoms with Gasteiger partial charge in [0.2, 0.25) is 0 Å². The molecule has 0 saturated heterocycles. The molecule has 0 bridgehead atoms. The van der Waals surface area contributed by atoms with E-state index in [1.54, 1.807) is 0 Å². The molecule has 1 aromatic carbocycles. The van der Waals surface area contributed by atoms with Crippen LogP contribution >= 0.6 is 54.8 Å². The third-order valence-corrected chi connectivity index (χ3v) is 6.03. The van der Waals surface area contributed by atoms with Crippen LogP contribution < -0.4 is 5.32 Å². The highest BCUT2D eigenvalue weighted by atomic mass is 79.9. The molecule has 1 heterocycles. The molecule has 0 saturated carbocycles. The van der Waals surface area contributed by atoms with Gasteiger partial charge in [-0.15, -0.1) is 11.3 Å². The lowest BCUT2D eigenvalue weighted by Gasteiger charge is -2.11. The van der Waals surface area contributed by atoms with Crippen LogP contribution in [0, 0.1) is 0 Å². The summed E-state index contributed by atoms with van der Waals surface area (Å²) < 4.78 is 39.8. The molecule has 0 radical (unpaired) electrons. The summed E-state index contributed by atoms with van der Waals surface area (Å²) in [4.78, 5) is 0.970. The highest BCUT2D eigenvalue weighted by molar-refractivity contribution is 9.13. The van der Waals surface area contributed by atoms with Crippen LogP contribution in [-0.4, -0.2) is 0 Å². The Balaban J connectivity index is 2.16. The topological polar surface area (TPSA) is 12.0 Å². The molecular weight excluding hydrogens is 442 g/mol. The molecule has 108 valence electrons. The van der Waals surface area contributed by atoms with Crippen molar-refractivity contribution >= 4 is 60.5 Å². The molecule has 1 N–H and O–H groups in total. The van der Waals surface area contributed by atoms with E-state index < -0.39 is 11.7 Å². The van der Waals surface area contributed by atoms with Crippen LogP contribution in [0.15, 0.2) is 32.5 Å². The molecule has 0 amide bonds. The van der Waals surface area contributed by atoms with Crippen LogP contribution in [0.3, 0.4) is 0 Å². The molecule has 0 aliphatic carbocycles. The summed E-state index contributed by atoms with van der Waals surface area (Å²) in [5.74, 6) is 0. The zero-order chi connectivity index (χ0) is 14.9. The molecule has 8 heteroatoms. The maximum atomic E-state index is 12.6. The fourth-order valence-electron chi connectivity index (χ4n) is 1.50. The molecule has 1 aromatic heterocycles. The molecule has 20 heavy (non-hydrogen) atoms. The zero-order valence-corrected chi connectivity index (χ0v) is 14.4. The number of anilines is 1. The van der Waals surface area contributed by atoms with E-state index in [4.69, 9.17) is 11.6 Å². The SMILES string of the molecule is FC(F)(F)c1ccc(Cl)c(NCc2cc(Br)c(Br)s2)c1. The second kappa shape index (κ2) is 6.25. The smallest absolute Gasteiger partial charge is 0.379 e. The fourth-order valence-corrected chi connectivity index (χ4v) is 3.80. The first-order valence-electron chi connectivity index (χ1n) is 5.31. The summed E-state index contributed by atoms with van der Waals surface area (Å²) in [7, 11) is 0. The first-order chi connectivity index (χ1) is 9.27. The Labute approximate surface area is 139 Å². The number of halogens is 6. The molecule has 0 fully saturated rings. The lowest BCUT2D eigenvalue weighted by Crippen LogP contribution is -2.06. The van der Waals surface area contributed by atoms with Crippen molar-refractivity contribution in [1.82, 2.24) is 0 Å². The van der Waals surface area contributed by atoms with Crippen LogP contribution in [0.25, 0.3) is 0 Å². The Hall–Kier alpha value is -0.240. The standard InChI is InChI=1S/C12H7Br2ClF3NS/c13-8-4-7(20-11(8)14)5-19-10-3-6(12(16,17)18)1-2-9(10)15/h1-4,19H,5H2. The van der Waals surface area contributed by atoms with Gasteiger partial charge in [0.15, 0.2) is 0 Å². The van der Waals surface area contributed by atoms with E-state index in [1.807, 2.05) is 6.07 Å². The van der Waals surface area contributed by atoms with E-state index >= 15 is 0 Å². The van der Waals surface area contributed by atoms with Gasteiger partial charge in [0.1, 0.15) is 0 Å². The Morgan fingerprint density at radius 2 is 1.90 bits per heavy atom. The summed E-state index contributed by atoms with van der Waals surface area (Å²) in [5, 5.41) is 3.18. The maximum absolute atomic E-state index is 12.6. The summed E-state index contributed by atoms with van der Waals surface area (Å²) in [6.07, 6.45) is -4.38. The normalized spacial score (nSPS) is 11.7. The minimum Gasteiger partial charge on any atom is -0.379 e. The van der Waals surface area contributed by atoms with Crippen LogP contribution in [0.5, 0.6) is 0 Å². The van der Waals surface area contributed by atoms with Gasteiger partial charge in [-0.05, 0) is 56.1 Å². The monoisotopic (exact) mass is 447 g/mol. The van der Waals surface area contributed by atoms with E-state index in [-0.39, 0.29) is 10.7 Å². The van der Waals surface area contributed by atoms with Crippen molar-refractivity contribution in [3.8, 4) is 0 Å². The summed E-state index contributed by atoms with van der Waals surface area (Å²) in [6.45, 7) is 0.399. The van der Waals surface area contributed by atoms with Crippen LogP contribution in [0.1, 0.15) is 10.4 Å². The van der Waals surface area contributed by atoms with Gasteiger partial charge >= 0.3 is 6.18 Å². The van der Waals surface area contributed by atoms with Crippen molar-refractivity contribution in [1.29, 1.82) is 0 Å². The molecule has 0 unspecified atom stereocenters. The maximum Gasteiger partial charge on any atom is 0.416 e. The summed E-state index contributed by atoms with van der Waals surface area (Å²) in [6, 6.07) is 5.11. The number of benzene rings is 1. The van der Waals surface area contributed by atoms with Crippen molar-refractivity contribution in [2.24, 2.45) is 0 Å². The lowest BCUT2D eigenvalue weighted by molar-refractivity contribution is -0.137. The average Bonchev–Trinajstić information content (AvgIpc) is 2.66. The van der Waals surface area contributed by atoms with Crippen molar-refractivity contribution in [3.05, 3.63) is 48.0 Å². The first-order valence-corrected chi connectivity index (χ1v) is 8.10. The van der Waals surface area contributed by atoms with Crippen molar-refractivity contribution < 1.29 is 13.2 Å². The molecular formula is C12H7Br2ClF3NS. The van der Waals surface area contributed by atoms with Crippen molar-refractivity contribution in [3.63, 3.8) is 0 Å².